The number of benzene rings is 6. The van der Waals surface area contributed by atoms with Gasteiger partial charge >= 0.3 is 0 Å². The van der Waals surface area contributed by atoms with Crippen LogP contribution >= 0.6 is 0 Å². The van der Waals surface area contributed by atoms with Gasteiger partial charge in [-0.25, -0.2) is 0 Å². The number of nitrogens with one attached hydrogen (secondary N) is 2. The van der Waals surface area contributed by atoms with Crippen molar-refractivity contribution < 1.29 is 8.83 Å². The second kappa shape index (κ2) is 13.4. The van der Waals surface area contributed by atoms with E-state index in [0.29, 0.717) is 0 Å². The Kier molecular flexibility index (Phi) is 7.48. The number of nitrogens with zero attached hydrogens (tertiary/aromatic N) is 3. The van der Waals surface area contributed by atoms with Gasteiger partial charge < -0.3 is 13.8 Å². The van der Waals surface area contributed by atoms with E-state index in [-0.39, 0.29) is 12.2 Å². The molecule has 2 atom stereocenters. The lowest BCUT2D eigenvalue weighted by Gasteiger charge is -2.32. The molecule has 0 radical (unpaired) electrons. The molecule has 63 heavy (non-hydrogen) atoms. The van der Waals surface area contributed by atoms with Crippen molar-refractivity contribution in [2.24, 2.45) is 4.99 Å². The molecule has 5 aromatic heterocycles. The van der Waals surface area contributed by atoms with Crippen molar-refractivity contribution in [1.29, 1.82) is 0 Å². The van der Waals surface area contributed by atoms with E-state index in [1.807, 2.05) is 6.07 Å². The van der Waals surface area contributed by atoms with Crippen molar-refractivity contribution in [3.8, 4) is 11.6 Å². The molecule has 3 aliphatic rings. The first-order valence-corrected chi connectivity index (χ1v) is 22.2. The summed E-state index contributed by atoms with van der Waals surface area (Å²) in [5.74, 6) is 3.02. The summed E-state index contributed by atoms with van der Waals surface area (Å²) in [7, 11) is 0. The highest BCUT2D eigenvalue weighted by atomic mass is 16.3. The maximum absolute atomic E-state index is 6.57. The minimum absolute atomic E-state index is 0.122. The average molecular weight is 816 g/mol. The third kappa shape index (κ3) is 5.14. The molecule has 7 heteroatoms. The highest BCUT2D eigenvalue weighted by molar-refractivity contribution is 6.27. The van der Waals surface area contributed by atoms with Crippen LogP contribution in [-0.4, -0.2) is 25.9 Å². The van der Waals surface area contributed by atoms with E-state index < -0.39 is 0 Å². The molecule has 0 amide bonds. The fourth-order valence-corrected chi connectivity index (χ4v) is 11.1. The number of hydrogen-bond donors (Lipinski definition) is 2. The van der Waals surface area contributed by atoms with Crippen LogP contribution in [0.5, 0.6) is 0 Å². The number of H-pyrrole nitrogens is 1. The minimum atomic E-state index is -0.354. The number of furan rings is 2. The van der Waals surface area contributed by atoms with Crippen molar-refractivity contribution in [1.82, 2.24) is 19.4 Å². The van der Waals surface area contributed by atoms with Gasteiger partial charge in [-0.1, -0.05) is 121 Å². The predicted octanol–water partition coefficient (Wildman–Crippen LogP) is 13.9. The maximum atomic E-state index is 6.57. The van der Waals surface area contributed by atoms with Crippen LogP contribution in [0.2, 0.25) is 0 Å². The van der Waals surface area contributed by atoms with Crippen molar-refractivity contribution in [2.45, 2.75) is 44.3 Å². The molecule has 302 valence electrons. The molecule has 0 fully saturated rings. The second-order valence-electron chi connectivity index (χ2n) is 17.3. The Morgan fingerprint density at radius 2 is 1.29 bits per heavy atom. The Labute approximate surface area is 361 Å². The van der Waals surface area contributed by atoms with E-state index in [1.165, 1.54) is 38.1 Å². The molecule has 0 saturated carbocycles. The first-order valence-electron chi connectivity index (χ1n) is 22.2. The smallest absolute Gasteiger partial charge is 0.136 e. The van der Waals surface area contributed by atoms with Crippen LogP contribution in [0.25, 0.3) is 94.2 Å². The molecule has 0 saturated heterocycles. The van der Waals surface area contributed by atoms with Crippen molar-refractivity contribution in [3.05, 3.63) is 186 Å². The summed E-state index contributed by atoms with van der Waals surface area (Å²) < 4.78 is 17.9. The Morgan fingerprint density at radius 1 is 0.587 bits per heavy atom. The van der Waals surface area contributed by atoms with Crippen LogP contribution in [0.4, 0.5) is 0 Å². The standard InChI is InChI=1S/C56H41N5O2/c1-3-15-33(16-4-1)40-32-41(34-17-5-2-6-18-34)58-55(57-40)39-31-50(60-42-23-11-7-19-35(42)51-44(60)27-29-48-53(51)37-21-9-13-25-46(37)62-48)59-56(39)61-43-24-12-8-20-36(43)52-45(61)28-30-49-54(52)38-22-10-14-26-47(38)63-49/h1-5,7-13,15-17,19-25,27-31,41,55,58-59H,6,14,18,26,32H2. The van der Waals surface area contributed by atoms with Gasteiger partial charge in [0, 0.05) is 73.4 Å². The number of hydrogen-bond acceptors (Lipinski definition) is 4. The zero-order valence-corrected chi connectivity index (χ0v) is 34.4. The first kappa shape index (κ1) is 35.0. The van der Waals surface area contributed by atoms with Gasteiger partial charge in [-0.05, 0) is 73.4 Å². The van der Waals surface area contributed by atoms with Crippen LogP contribution in [0.15, 0.2) is 177 Å². The predicted molar refractivity (Wildman–Crippen MR) is 258 cm³/mol. The quantitative estimate of drug-likeness (QED) is 0.182. The molecule has 6 aromatic carbocycles. The average Bonchev–Trinajstić information content (AvgIpc) is 4.17. The highest BCUT2D eigenvalue weighted by Crippen LogP contribution is 2.45. The van der Waals surface area contributed by atoms with Gasteiger partial charge in [-0.3, -0.25) is 19.4 Å². The first-order chi connectivity index (χ1) is 31.2. The fraction of sp³-hybridized carbons (Fsp3) is 0.125. The van der Waals surface area contributed by atoms with Crippen LogP contribution in [0.1, 0.15) is 54.3 Å². The summed E-state index contributed by atoms with van der Waals surface area (Å²) >= 11 is 0. The van der Waals surface area contributed by atoms with Crippen molar-refractivity contribution in [2.75, 3.05) is 0 Å². The third-order valence-corrected chi connectivity index (χ3v) is 13.8. The van der Waals surface area contributed by atoms with Gasteiger partial charge in [0.05, 0.1) is 22.1 Å². The molecule has 2 N–H and O–H groups in total. The highest BCUT2D eigenvalue weighted by Gasteiger charge is 2.32. The van der Waals surface area contributed by atoms with E-state index in [9.17, 15) is 0 Å². The van der Waals surface area contributed by atoms with Crippen molar-refractivity contribution in [3.63, 3.8) is 0 Å². The molecule has 11 aromatic rings. The topological polar surface area (TPSA) is 76.3 Å². The number of rotatable bonds is 5. The normalized spacial score (nSPS) is 17.8. The molecule has 0 spiro atoms. The number of para-hydroxylation sites is 3. The van der Waals surface area contributed by atoms with Gasteiger partial charge in [0.2, 0.25) is 0 Å². The molecule has 2 aliphatic carbocycles. The molecular weight excluding hydrogens is 775 g/mol. The number of aliphatic imine (C=N–C) groups is 1. The molecule has 14 rings (SSSR count). The van der Waals surface area contributed by atoms with E-state index in [1.54, 1.807) is 0 Å². The summed E-state index contributed by atoms with van der Waals surface area (Å²) in [5.41, 5.74) is 13.1. The van der Waals surface area contributed by atoms with Gasteiger partial charge in [-0.15, -0.1) is 0 Å². The van der Waals surface area contributed by atoms with Gasteiger partial charge in [0.25, 0.3) is 0 Å². The molecule has 1 aliphatic heterocycles. The Hall–Kier alpha value is -7.61. The minimum Gasteiger partial charge on any atom is -0.460 e. The molecule has 2 unspecified atom stereocenters. The van der Waals surface area contributed by atoms with Crippen LogP contribution < -0.4 is 5.32 Å². The molecule has 7 nitrogen and oxygen atoms in total. The van der Waals surface area contributed by atoms with Crippen LogP contribution in [0.3, 0.4) is 0 Å². The summed E-state index contributed by atoms with van der Waals surface area (Å²) in [5, 5.41) is 12.3. The van der Waals surface area contributed by atoms with E-state index >= 15 is 0 Å². The number of aromatic amines is 1. The number of allylic oxidation sites excluding steroid dienone is 4. The zero-order valence-electron chi connectivity index (χ0n) is 34.4. The lowest BCUT2D eigenvalue weighted by Crippen LogP contribution is -2.40. The molecule has 6 heterocycles. The summed E-state index contributed by atoms with van der Waals surface area (Å²) in [6.07, 6.45) is 15.8. The lowest BCUT2D eigenvalue weighted by molar-refractivity contribution is 0.459. The number of aryl methyl sites for hydroxylation is 1. The largest absolute Gasteiger partial charge is 0.460 e. The monoisotopic (exact) mass is 815 g/mol. The summed E-state index contributed by atoms with van der Waals surface area (Å²) in [6, 6.07) is 47.9. The van der Waals surface area contributed by atoms with Gasteiger partial charge in [0.1, 0.15) is 40.3 Å². The number of fused-ring (bicyclic) bond motifs is 14. The third-order valence-electron chi connectivity index (χ3n) is 13.8. The van der Waals surface area contributed by atoms with Crippen LogP contribution in [0, 0.1) is 0 Å². The molecular formula is C56H41N5O2. The summed E-state index contributed by atoms with van der Waals surface area (Å²) in [4.78, 5) is 9.78. The maximum Gasteiger partial charge on any atom is 0.136 e. The SMILES string of the molecule is C1=CCCC(C2CC(c3ccccc3)=NC(c3cc(-n4c5ccccc5c5c6c(ccc54)oc4ccccc46)[nH]c3-n3c4ccccc4c4c5c6c(oc5ccc43)CCC=C6)N2)=C1. The fourth-order valence-electron chi connectivity index (χ4n) is 11.1. The van der Waals surface area contributed by atoms with E-state index in [0.717, 1.165) is 116 Å². The Morgan fingerprint density at radius 3 is 2.10 bits per heavy atom. The lowest BCUT2D eigenvalue weighted by atomic mass is 9.90. The van der Waals surface area contributed by atoms with E-state index in [4.69, 9.17) is 13.8 Å². The number of aromatic nitrogens is 3. The van der Waals surface area contributed by atoms with Gasteiger partial charge in [-0.2, -0.15) is 0 Å². The molecule has 0 bridgehead atoms. The Balaban J connectivity index is 1.08. The van der Waals surface area contributed by atoms with E-state index in [2.05, 4.69) is 177 Å². The zero-order chi connectivity index (χ0) is 41.2. The van der Waals surface area contributed by atoms with Crippen LogP contribution in [-0.2, 0) is 6.42 Å². The van der Waals surface area contributed by atoms with Gasteiger partial charge in [0.15, 0.2) is 0 Å². The second-order valence-corrected chi connectivity index (χ2v) is 17.3. The van der Waals surface area contributed by atoms with Crippen molar-refractivity contribution >= 4 is 88.3 Å². The summed E-state index contributed by atoms with van der Waals surface area (Å²) in [6.45, 7) is 0. The Bertz CT molecular complexity index is 3820.